The molecule has 0 spiro atoms. The maximum absolute atomic E-state index is 10.9. The van der Waals surface area contributed by atoms with Crippen LogP contribution < -0.4 is 39.6 Å². The van der Waals surface area contributed by atoms with Gasteiger partial charge in [-0.15, -0.1) is 0 Å². The van der Waals surface area contributed by atoms with Crippen LogP contribution in [0, 0.1) is 0 Å². The number of ether oxygens (including phenoxy) is 1. The molecule has 34 heavy (non-hydrogen) atoms. The molecule has 3 aromatic rings. The number of benzene rings is 3. The van der Waals surface area contributed by atoms with Crippen molar-refractivity contribution in [2.24, 2.45) is 0 Å². The molecule has 0 saturated carbocycles. The van der Waals surface area contributed by atoms with Gasteiger partial charge >= 0.3 is 29.6 Å². The van der Waals surface area contributed by atoms with Gasteiger partial charge in [0.2, 0.25) is 0 Å². The molecular weight excluding hydrogens is 459 g/mol. The Morgan fingerprint density at radius 3 is 1.88 bits per heavy atom. The molecule has 3 rings (SSSR count). The van der Waals surface area contributed by atoms with Crippen molar-refractivity contribution in [2.75, 3.05) is 12.4 Å². The Morgan fingerprint density at radius 1 is 0.735 bits per heavy atom. The normalized spacial score (nSPS) is 11.0. The van der Waals surface area contributed by atoms with Gasteiger partial charge < -0.3 is 9.99 Å². The molecule has 0 bridgehead atoms. The fraction of sp³-hybridized carbons (Fsp3) is 0.148. The minimum atomic E-state index is 0. The number of carbonyl (C=O) groups is 1. The first kappa shape index (κ1) is 28.1. The first-order valence-electron chi connectivity index (χ1n) is 10.6. The van der Waals surface area contributed by atoms with E-state index >= 15 is 0 Å². The van der Waals surface area contributed by atoms with Gasteiger partial charge in [-0.3, -0.25) is 9.83 Å². The Hall–Kier alpha value is -2.16. The van der Waals surface area contributed by atoms with Gasteiger partial charge in [-0.05, 0) is 53.3 Å². The summed E-state index contributed by atoms with van der Waals surface area (Å²) in [7, 11) is 0. The van der Waals surface area contributed by atoms with E-state index in [1.807, 2.05) is 54.6 Å². The molecule has 0 heterocycles. The quantitative estimate of drug-likeness (QED) is 0.0707. The molecule has 0 aliphatic rings. The van der Waals surface area contributed by atoms with Crippen molar-refractivity contribution in [2.45, 2.75) is 12.8 Å². The van der Waals surface area contributed by atoms with Crippen molar-refractivity contribution < 1.29 is 53.7 Å². The number of aldehydes is 1. The minimum Gasteiger partial charge on any atom is -0.691 e. The summed E-state index contributed by atoms with van der Waals surface area (Å²) in [5.41, 5.74) is 4.96. The Morgan fingerprint density at radius 2 is 1.29 bits per heavy atom. The second-order valence-electron chi connectivity index (χ2n) is 7.20. The third-order valence-corrected chi connectivity index (χ3v) is 5.37. The average molecular weight is 485 g/mol. The summed E-state index contributed by atoms with van der Waals surface area (Å²) in [6.45, 7) is 0.608. The fourth-order valence-corrected chi connectivity index (χ4v) is 3.45. The van der Waals surface area contributed by atoms with Crippen LogP contribution in [0.2, 0.25) is 0 Å². The zero-order chi connectivity index (χ0) is 23.1. The summed E-state index contributed by atoms with van der Waals surface area (Å²) in [4.78, 5) is 10.9. The van der Waals surface area contributed by atoms with Gasteiger partial charge in [0.05, 0.1) is 6.61 Å². The zero-order valence-corrected chi connectivity index (χ0v) is 21.9. The summed E-state index contributed by atoms with van der Waals surface area (Å²) in [6, 6.07) is 23.7. The second-order valence-corrected chi connectivity index (χ2v) is 7.98. The van der Waals surface area contributed by atoms with Gasteiger partial charge in [0.1, 0.15) is 12.0 Å². The number of rotatable bonds is 13. The van der Waals surface area contributed by atoms with Crippen molar-refractivity contribution >= 4 is 42.6 Å². The van der Waals surface area contributed by atoms with Crippen molar-refractivity contribution in [1.29, 1.82) is 0 Å². The fourth-order valence-electron chi connectivity index (χ4n) is 3.02. The molecule has 0 fully saturated rings. The molecule has 0 atom stereocenters. The predicted octanol–water partition coefficient (Wildman–Crippen LogP) is 2.87. The van der Waals surface area contributed by atoms with Crippen LogP contribution in [0.5, 0.6) is 5.75 Å². The van der Waals surface area contributed by atoms with Crippen LogP contribution in [-0.2, 0) is 9.37 Å². The number of hydrogen-bond donors (Lipinski definition) is 0. The summed E-state index contributed by atoms with van der Waals surface area (Å²) < 4.78 is 9.93. The van der Waals surface area contributed by atoms with Crippen molar-refractivity contribution in [1.82, 2.24) is 0 Å². The van der Waals surface area contributed by atoms with E-state index in [1.54, 1.807) is 6.07 Å². The molecule has 170 valence electrons. The average Bonchev–Trinajstić information content (AvgIpc) is 2.87. The molecule has 5 nitrogen and oxygen atoms in total. The van der Waals surface area contributed by atoms with E-state index in [4.69, 9.17) is 4.74 Å². The number of unbranched alkanes of at least 4 members (excludes halogenated alkanes) is 1. The molecule has 0 aromatic heterocycles. The maximum atomic E-state index is 10.9. The second kappa shape index (κ2) is 16.5. The van der Waals surface area contributed by atoms with Gasteiger partial charge in [-0.2, -0.15) is 4.33 Å². The Kier molecular flexibility index (Phi) is 13.6. The Bertz CT molecular complexity index is 1050. The van der Waals surface area contributed by atoms with E-state index in [-0.39, 0.29) is 29.6 Å². The predicted molar refractivity (Wildman–Crippen MR) is 132 cm³/mol. The molecule has 0 N–H and O–H groups in total. The van der Waals surface area contributed by atoms with Crippen molar-refractivity contribution in [3.8, 4) is 5.75 Å². The van der Waals surface area contributed by atoms with E-state index in [0.717, 1.165) is 59.2 Å². The summed E-state index contributed by atoms with van der Waals surface area (Å²) in [5, 5.41) is 13.0. The molecule has 0 unspecified atom stereocenters. The van der Waals surface area contributed by atoms with Crippen LogP contribution in [0.4, 0.5) is 0 Å². The Labute approximate surface area is 226 Å². The van der Waals surface area contributed by atoms with Crippen LogP contribution >= 0.6 is 12.0 Å². The van der Waals surface area contributed by atoms with Crippen LogP contribution in [0.15, 0.2) is 72.8 Å². The van der Waals surface area contributed by atoms with Gasteiger partial charge in [0, 0.05) is 23.4 Å². The first-order valence-corrected chi connectivity index (χ1v) is 11.5. The van der Waals surface area contributed by atoms with Crippen LogP contribution in [0.25, 0.3) is 24.3 Å². The van der Waals surface area contributed by atoms with E-state index in [2.05, 4.69) is 45.8 Å². The SMILES string of the molecule is O=Cc1cccc(/C=C/c2ccc(/C=C/c3ccc(OCCCCSOO[O-])cc3)cc2)c1.[Na+]. The number of carbonyl (C=O) groups excluding carboxylic acids is 1. The molecule has 7 heteroatoms. The van der Waals surface area contributed by atoms with Crippen LogP contribution in [0.1, 0.15) is 45.5 Å². The van der Waals surface area contributed by atoms with E-state index in [0.29, 0.717) is 17.9 Å². The van der Waals surface area contributed by atoms with Crippen LogP contribution in [0.3, 0.4) is 0 Å². The zero-order valence-electron chi connectivity index (χ0n) is 19.1. The first-order chi connectivity index (χ1) is 16.3. The molecule has 3 aromatic carbocycles. The van der Waals surface area contributed by atoms with Gasteiger partial charge in [-0.25, -0.2) is 0 Å². The van der Waals surface area contributed by atoms with Gasteiger partial charge in [0.15, 0.2) is 0 Å². The monoisotopic (exact) mass is 484 g/mol. The molecule has 0 amide bonds. The largest absolute Gasteiger partial charge is 1.00 e. The van der Waals surface area contributed by atoms with Gasteiger partial charge in [-0.1, -0.05) is 78.9 Å². The summed E-state index contributed by atoms with van der Waals surface area (Å²) in [5.74, 6) is 1.51. The molecule has 0 aliphatic heterocycles. The van der Waals surface area contributed by atoms with Crippen molar-refractivity contribution in [3.05, 3.63) is 101 Å². The standard InChI is InChI=1S/C27H26O5S.Na/c28-21-26-5-3-4-25(20-26)13-12-23-8-6-22(7-9-23)10-11-24-14-16-27(17-15-24)30-18-1-2-19-33-32-31-29;/h3-17,20-21,29H,1-2,18-19H2;/q;+1/p-1/b11-10+,13-12+;. The smallest absolute Gasteiger partial charge is 0.691 e. The summed E-state index contributed by atoms with van der Waals surface area (Å²) >= 11 is 0.997. The molecule has 0 radical (unpaired) electrons. The minimum absolute atomic E-state index is 0. The topological polar surface area (TPSA) is 67.8 Å². The van der Waals surface area contributed by atoms with E-state index in [9.17, 15) is 10.1 Å². The molecule has 0 saturated heterocycles. The molecular formula is C27H25NaO5S. The Balaban J connectivity index is 0.00000408. The number of hydrogen-bond acceptors (Lipinski definition) is 6. The van der Waals surface area contributed by atoms with Gasteiger partial charge in [0.25, 0.3) is 0 Å². The van der Waals surface area contributed by atoms with Crippen LogP contribution in [-0.4, -0.2) is 18.6 Å². The van der Waals surface area contributed by atoms with E-state index < -0.39 is 0 Å². The van der Waals surface area contributed by atoms with E-state index in [1.165, 1.54) is 0 Å². The maximum Gasteiger partial charge on any atom is 1.00 e. The third kappa shape index (κ3) is 10.4. The van der Waals surface area contributed by atoms with Crippen molar-refractivity contribution in [3.63, 3.8) is 0 Å². The molecule has 0 aliphatic carbocycles. The summed E-state index contributed by atoms with van der Waals surface area (Å²) in [6.07, 6.45) is 10.8. The third-order valence-electron chi connectivity index (χ3n) is 4.77.